The number of aliphatic hydroxyl groups is 2. The van der Waals surface area contributed by atoms with Crippen LogP contribution in [0.1, 0.15) is 83.6 Å². The third-order valence-electron chi connectivity index (χ3n) is 9.51. The molecule has 1 unspecified atom stereocenters. The van der Waals surface area contributed by atoms with Gasteiger partial charge in [-0.3, -0.25) is 14.4 Å². The predicted molar refractivity (Wildman–Crippen MR) is 187 cm³/mol. The van der Waals surface area contributed by atoms with Gasteiger partial charge in [-0.25, -0.2) is 0 Å². The molecular weight excluding hydrogens is 592 g/mol. The minimum atomic E-state index is -1.21. The van der Waals surface area contributed by atoms with Gasteiger partial charge >= 0.3 is 0 Å². The van der Waals surface area contributed by atoms with Crippen molar-refractivity contribution in [3.05, 3.63) is 35.9 Å². The Morgan fingerprint density at radius 2 is 1.68 bits per heavy atom. The normalized spacial score (nSPS) is 17.3. The second-order valence-corrected chi connectivity index (χ2v) is 13.3. The van der Waals surface area contributed by atoms with E-state index in [1.165, 1.54) is 0 Å². The smallest absolute Gasteiger partial charge is 0.244 e. The number of nitrogens with one attached hydrogen (secondary N) is 2. The van der Waals surface area contributed by atoms with E-state index in [1.54, 1.807) is 18.9 Å². The Hall–Kier alpha value is -3.37. The molecule has 1 aliphatic carbocycles. The topological polar surface area (TPSA) is 122 Å². The number of benzene rings is 1. The summed E-state index contributed by atoms with van der Waals surface area (Å²) in [6.07, 6.45) is 16.3. The van der Waals surface area contributed by atoms with E-state index in [4.69, 9.17) is 12.8 Å². The first-order valence-electron chi connectivity index (χ1n) is 17.3. The number of likely N-dealkylation sites (N-methyl/N-ethyl adjacent to an activating group) is 2. The fourth-order valence-corrected chi connectivity index (χ4v) is 6.10. The molecule has 47 heavy (non-hydrogen) atoms. The van der Waals surface area contributed by atoms with Gasteiger partial charge in [0.1, 0.15) is 6.04 Å². The minimum Gasteiger partial charge on any atom is -0.390 e. The average molecular weight is 651 g/mol. The molecule has 1 saturated carbocycles. The second kappa shape index (κ2) is 21.5. The number of aliphatic hydroxyl groups excluding tert-OH is 2. The van der Waals surface area contributed by atoms with Crippen molar-refractivity contribution in [1.29, 1.82) is 0 Å². The van der Waals surface area contributed by atoms with Gasteiger partial charge in [0.25, 0.3) is 0 Å². The number of rotatable bonds is 20. The number of hydrogen-bond acceptors (Lipinski definition) is 6. The molecule has 3 amide bonds. The highest BCUT2D eigenvalue weighted by molar-refractivity contribution is 5.91. The summed E-state index contributed by atoms with van der Waals surface area (Å²) < 4.78 is 0. The van der Waals surface area contributed by atoms with Crippen LogP contribution in [0.15, 0.2) is 30.3 Å². The maximum absolute atomic E-state index is 13.9. The van der Waals surface area contributed by atoms with Gasteiger partial charge in [-0.1, -0.05) is 69.4 Å². The summed E-state index contributed by atoms with van der Waals surface area (Å²) in [6, 6.07) is 7.64. The number of terminal acetylenes is 2. The molecule has 1 fully saturated rings. The van der Waals surface area contributed by atoms with Crippen LogP contribution in [-0.4, -0.2) is 95.8 Å². The van der Waals surface area contributed by atoms with Gasteiger partial charge in [-0.05, 0) is 57.7 Å². The van der Waals surface area contributed by atoms with Crippen LogP contribution in [0.5, 0.6) is 0 Å². The van der Waals surface area contributed by atoms with Crippen molar-refractivity contribution in [2.45, 2.75) is 109 Å². The maximum atomic E-state index is 13.9. The molecule has 0 radical (unpaired) electrons. The first-order valence-corrected chi connectivity index (χ1v) is 17.3. The van der Waals surface area contributed by atoms with Crippen LogP contribution in [0.25, 0.3) is 0 Å². The molecule has 1 aromatic rings. The fraction of sp³-hybridized carbons (Fsp3) is 0.658. The molecule has 9 nitrogen and oxygen atoms in total. The average Bonchev–Trinajstić information content (AvgIpc) is 3.08. The molecule has 9 heteroatoms. The van der Waals surface area contributed by atoms with Crippen LogP contribution < -0.4 is 10.6 Å². The Balaban J connectivity index is 2.26. The van der Waals surface area contributed by atoms with Crippen LogP contribution >= 0.6 is 0 Å². The lowest BCUT2D eigenvalue weighted by molar-refractivity contribution is -0.137. The molecule has 1 aliphatic rings. The van der Waals surface area contributed by atoms with Gasteiger partial charge in [0, 0.05) is 38.9 Å². The number of unbranched alkanes of at least 4 members (excludes halogenated alkanes) is 1. The number of carbonyl (C=O) groups is 3. The summed E-state index contributed by atoms with van der Waals surface area (Å²) in [5, 5.41) is 27.9. The summed E-state index contributed by atoms with van der Waals surface area (Å²) in [5.41, 5.74) is 0.898. The summed E-state index contributed by atoms with van der Waals surface area (Å²) in [4.78, 5) is 44.8. The Morgan fingerprint density at radius 3 is 2.30 bits per heavy atom. The lowest BCUT2D eigenvalue weighted by atomic mass is 9.82. The van der Waals surface area contributed by atoms with Crippen molar-refractivity contribution in [1.82, 2.24) is 20.4 Å². The molecule has 0 heterocycles. The molecule has 0 aliphatic heterocycles. The van der Waals surface area contributed by atoms with Crippen molar-refractivity contribution in [3.63, 3.8) is 0 Å². The van der Waals surface area contributed by atoms with Crippen molar-refractivity contribution in [2.75, 3.05) is 33.7 Å². The summed E-state index contributed by atoms with van der Waals surface area (Å²) in [7, 11) is 3.72. The van der Waals surface area contributed by atoms with Crippen LogP contribution in [0.4, 0.5) is 0 Å². The molecule has 2 rings (SSSR count). The number of nitrogens with zero attached hydrogens (tertiary/aromatic N) is 2. The van der Waals surface area contributed by atoms with Gasteiger partial charge in [-0.15, -0.1) is 24.7 Å². The Labute approximate surface area is 283 Å². The maximum Gasteiger partial charge on any atom is 0.244 e. The van der Waals surface area contributed by atoms with E-state index in [-0.39, 0.29) is 12.3 Å². The monoisotopic (exact) mass is 650 g/mol. The van der Waals surface area contributed by atoms with E-state index in [1.807, 2.05) is 44.3 Å². The van der Waals surface area contributed by atoms with Crippen molar-refractivity contribution in [2.24, 2.45) is 17.8 Å². The standard InChI is InChI=1S/C38H58N4O5/c1-7-10-13-22-33(43)36(45)32(26-30-20-16-12-17-21-30)39-38(47)35(28(4)8-2)40-37(46)31(25-29-18-14-11-15-19-29)27-34(44)42(6)24-23-41(5)9-3/h1-2,11,14-15,18-19,28,30-33,35-36,43,45H,9-10,12-13,16-17,20-27H2,3-6H3,(H,39,47)(H,40,46)/t28?,31-,32+,33+,35+,36-/m1/s1. The van der Waals surface area contributed by atoms with Gasteiger partial charge in [0.2, 0.25) is 17.7 Å². The fourth-order valence-electron chi connectivity index (χ4n) is 6.10. The molecule has 1 aromatic carbocycles. The van der Waals surface area contributed by atoms with Gasteiger partial charge < -0.3 is 30.6 Å². The Morgan fingerprint density at radius 1 is 1.00 bits per heavy atom. The highest BCUT2D eigenvalue weighted by Gasteiger charge is 2.35. The van der Waals surface area contributed by atoms with Gasteiger partial charge in [-0.2, -0.15) is 0 Å². The third kappa shape index (κ3) is 14.1. The zero-order valence-corrected chi connectivity index (χ0v) is 29.0. The van der Waals surface area contributed by atoms with Gasteiger partial charge in [0.05, 0.1) is 24.2 Å². The molecule has 0 spiro atoms. The largest absolute Gasteiger partial charge is 0.390 e. The molecule has 260 valence electrons. The third-order valence-corrected chi connectivity index (χ3v) is 9.51. The van der Waals surface area contributed by atoms with Crippen molar-refractivity contribution in [3.8, 4) is 24.7 Å². The lowest BCUT2D eigenvalue weighted by Crippen LogP contribution is -2.57. The van der Waals surface area contributed by atoms with E-state index >= 15 is 0 Å². The van der Waals surface area contributed by atoms with Gasteiger partial charge in [0.15, 0.2) is 0 Å². The minimum absolute atomic E-state index is 0.0291. The highest BCUT2D eigenvalue weighted by Crippen LogP contribution is 2.29. The van der Waals surface area contributed by atoms with Crippen LogP contribution in [0.3, 0.4) is 0 Å². The highest BCUT2D eigenvalue weighted by atomic mass is 16.3. The first kappa shape index (κ1) is 39.8. The summed E-state index contributed by atoms with van der Waals surface area (Å²) in [6.45, 7) is 5.83. The second-order valence-electron chi connectivity index (χ2n) is 13.3. The SMILES string of the molecule is C#CCCC[C@H](O)[C@H](O)[C@H](CC1CCCCC1)NC(=O)[C@@H](NC(=O)[C@@H](CC(=O)N(C)CCN(C)CC)Cc1ccccc1)C(C)C#C. The Bertz CT molecular complexity index is 1170. The van der Waals surface area contributed by atoms with E-state index in [0.29, 0.717) is 51.1 Å². The molecule has 0 bridgehead atoms. The first-order chi connectivity index (χ1) is 22.5. The zero-order chi connectivity index (χ0) is 34.8. The molecular formula is C38H58N4O5. The number of hydrogen-bond donors (Lipinski definition) is 4. The van der Waals surface area contributed by atoms with Crippen molar-refractivity contribution >= 4 is 17.7 Å². The Kier molecular flexibility index (Phi) is 18.2. The number of carbonyl (C=O) groups excluding carboxylic acids is 3. The molecule has 4 N–H and O–H groups in total. The molecule has 6 atom stereocenters. The molecule has 0 saturated heterocycles. The van der Waals surface area contributed by atoms with Crippen LogP contribution in [-0.2, 0) is 20.8 Å². The zero-order valence-electron chi connectivity index (χ0n) is 29.0. The van der Waals surface area contributed by atoms with E-state index in [0.717, 1.165) is 44.2 Å². The summed E-state index contributed by atoms with van der Waals surface area (Å²) in [5.74, 6) is 2.90. The van der Waals surface area contributed by atoms with E-state index in [9.17, 15) is 24.6 Å². The van der Waals surface area contributed by atoms with Crippen molar-refractivity contribution < 1.29 is 24.6 Å². The van der Waals surface area contributed by atoms with Crippen LogP contribution in [0.2, 0.25) is 0 Å². The van der Waals surface area contributed by atoms with E-state index < -0.39 is 47.9 Å². The molecule has 0 aromatic heterocycles. The quantitative estimate of drug-likeness (QED) is 0.127. The lowest BCUT2D eigenvalue weighted by Gasteiger charge is -2.34. The summed E-state index contributed by atoms with van der Waals surface area (Å²) >= 11 is 0. The number of amides is 3. The predicted octanol–water partition coefficient (Wildman–Crippen LogP) is 3.38. The van der Waals surface area contributed by atoms with Crippen LogP contribution in [0, 0.1) is 42.4 Å². The van der Waals surface area contributed by atoms with E-state index in [2.05, 4.69) is 27.4 Å².